The molecule has 0 saturated carbocycles. The fourth-order valence-corrected chi connectivity index (χ4v) is 7.95. The molecule has 0 aliphatic carbocycles. The average molecular weight is 832 g/mol. The Hall–Kier alpha value is -1.47. The lowest BCUT2D eigenvalue weighted by Crippen LogP contribution is -2.53. The highest BCUT2D eigenvalue weighted by Gasteiger charge is 2.28. The van der Waals surface area contributed by atoms with Crippen molar-refractivity contribution in [3.63, 3.8) is 0 Å². The van der Waals surface area contributed by atoms with Crippen molar-refractivity contribution < 1.29 is 25.2 Å². The van der Waals surface area contributed by atoms with Gasteiger partial charge < -0.3 is 25.7 Å². The van der Waals surface area contributed by atoms with E-state index in [1.165, 1.54) is 180 Å². The Kier molecular flexibility index (Phi) is 46.4. The molecule has 0 spiro atoms. The minimum absolute atomic E-state index is 0.353. The molecule has 0 aliphatic rings. The van der Waals surface area contributed by atoms with Gasteiger partial charge in [-0.15, -0.1) is 0 Å². The molecule has 6 nitrogen and oxygen atoms in total. The van der Waals surface area contributed by atoms with Gasteiger partial charge in [-0.05, 0) is 77.0 Å². The molecule has 4 atom stereocenters. The highest BCUT2D eigenvalue weighted by molar-refractivity contribution is 5.80. The van der Waals surface area contributed by atoms with Crippen LogP contribution in [-0.4, -0.2) is 57.3 Å². The molecule has 5 N–H and O–H groups in total. The normalized spacial score (nSPS) is 14.2. The van der Waals surface area contributed by atoms with Crippen molar-refractivity contribution in [1.29, 1.82) is 0 Å². The van der Waals surface area contributed by atoms with Crippen LogP contribution >= 0.6 is 0 Å². The van der Waals surface area contributed by atoms with Crippen molar-refractivity contribution in [3.8, 4) is 0 Å². The first kappa shape index (κ1) is 57.5. The van der Waals surface area contributed by atoms with E-state index in [0.717, 1.165) is 51.4 Å². The Balaban J connectivity index is 3.73. The largest absolute Gasteiger partial charge is 0.394 e. The summed E-state index contributed by atoms with van der Waals surface area (Å²) in [6.07, 6.45) is 57.7. The van der Waals surface area contributed by atoms with E-state index in [1.54, 1.807) is 0 Å². The van der Waals surface area contributed by atoms with Crippen LogP contribution in [0.4, 0.5) is 0 Å². The van der Waals surface area contributed by atoms with E-state index in [2.05, 4.69) is 55.6 Å². The number of carbonyl (C=O) groups is 1. The number of nitrogens with one attached hydrogen (secondary N) is 1. The van der Waals surface area contributed by atoms with Crippen molar-refractivity contribution >= 4 is 5.91 Å². The molecular formula is C53H101NO5. The van der Waals surface area contributed by atoms with Gasteiger partial charge in [-0.3, -0.25) is 4.79 Å². The third-order valence-corrected chi connectivity index (χ3v) is 12.1. The number of amides is 1. The molecule has 6 heteroatoms. The standard InChI is InChI=1S/C53H101NO5/c1-3-5-7-9-11-13-15-17-19-21-23-24-25-26-27-28-29-31-32-34-36-38-40-42-44-46-50(56)52(58)49(48-55)54-53(59)51(57)47-45-43-41-39-37-35-33-30-22-20-18-16-14-12-10-8-6-4-2/h22,30-32,38,40,49-52,55-58H,3-21,23-29,33-37,39,41-48H2,1-2H3,(H,54,59)/b30-22-,32-31+,40-38+. The molecule has 0 radical (unpaired) electrons. The Morgan fingerprint density at radius 3 is 1.07 bits per heavy atom. The van der Waals surface area contributed by atoms with Gasteiger partial charge in [0.25, 0.3) is 0 Å². The summed E-state index contributed by atoms with van der Waals surface area (Å²) < 4.78 is 0. The van der Waals surface area contributed by atoms with E-state index in [0.29, 0.717) is 19.3 Å². The summed E-state index contributed by atoms with van der Waals surface area (Å²) in [5.74, 6) is -0.601. The molecule has 4 unspecified atom stereocenters. The van der Waals surface area contributed by atoms with Crippen LogP contribution in [0, 0.1) is 0 Å². The Bertz CT molecular complexity index is 935. The summed E-state index contributed by atoms with van der Waals surface area (Å²) in [6, 6.07) is -1.01. The van der Waals surface area contributed by atoms with Crippen LogP contribution in [-0.2, 0) is 4.79 Å². The summed E-state index contributed by atoms with van der Waals surface area (Å²) in [4.78, 5) is 12.5. The topological polar surface area (TPSA) is 110 Å². The number of aliphatic hydroxyl groups excluding tert-OH is 4. The van der Waals surface area contributed by atoms with Crippen LogP contribution < -0.4 is 5.32 Å². The summed E-state index contributed by atoms with van der Waals surface area (Å²) in [7, 11) is 0. The highest BCUT2D eigenvalue weighted by Crippen LogP contribution is 2.16. The first-order valence-corrected chi connectivity index (χ1v) is 25.9. The second-order valence-corrected chi connectivity index (χ2v) is 17.8. The number of hydrogen-bond donors (Lipinski definition) is 5. The first-order valence-electron chi connectivity index (χ1n) is 25.9. The predicted octanol–water partition coefficient (Wildman–Crippen LogP) is 14.5. The maximum absolute atomic E-state index is 12.5. The van der Waals surface area contributed by atoms with Crippen molar-refractivity contribution in [2.45, 2.75) is 289 Å². The smallest absolute Gasteiger partial charge is 0.249 e. The van der Waals surface area contributed by atoms with Crippen LogP contribution in [0.5, 0.6) is 0 Å². The molecule has 0 aromatic rings. The van der Waals surface area contributed by atoms with Crippen molar-refractivity contribution in [1.82, 2.24) is 5.32 Å². The zero-order valence-electron chi connectivity index (χ0n) is 39.3. The number of rotatable bonds is 47. The maximum atomic E-state index is 12.5. The van der Waals surface area contributed by atoms with Crippen molar-refractivity contribution in [2.75, 3.05) is 6.61 Å². The van der Waals surface area contributed by atoms with Gasteiger partial charge in [0.15, 0.2) is 0 Å². The van der Waals surface area contributed by atoms with Crippen LogP contribution in [0.15, 0.2) is 36.5 Å². The van der Waals surface area contributed by atoms with Crippen molar-refractivity contribution in [3.05, 3.63) is 36.5 Å². The molecule has 0 aromatic carbocycles. The van der Waals surface area contributed by atoms with E-state index >= 15 is 0 Å². The van der Waals surface area contributed by atoms with E-state index < -0.39 is 36.9 Å². The molecular weight excluding hydrogens is 731 g/mol. The zero-order valence-corrected chi connectivity index (χ0v) is 39.3. The van der Waals surface area contributed by atoms with Crippen molar-refractivity contribution in [2.24, 2.45) is 0 Å². The minimum atomic E-state index is -1.29. The van der Waals surface area contributed by atoms with Crippen LogP contribution in [0.3, 0.4) is 0 Å². The second kappa shape index (κ2) is 47.6. The van der Waals surface area contributed by atoms with Crippen LogP contribution in [0.25, 0.3) is 0 Å². The molecule has 348 valence electrons. The number of hydrogen-bond acceptors (Lipinski definition) is 5. The highest BCUT2D eigenvalue weighted by atomic mass is 16.3. The van der Waals surface area contributed by atoms with Crippen LogP contribution in [0.2, 0.25) is 0 Å². The molecule has 0 saturated heterocycles. The summed E-state index contributed by atoms with van der Waals surface area (Å²) in [5.41, 5.74) is 0. The molecule has 1 amide bonds. The van der Waals surface area contributed by atoms with Gasteiger partial charge in [-0.2, -0.15) is 0 Å². The third kappa shape index (κ3) is 41.6. The summed E-state index contributed by atoms with van der Waals surface area (Å²) in [5, 5.41) is 43.8. The van der Waals surface area contributed by atoms with E-state index in [4.69, 9.17) is 0 Å². The van der Waals surface area contributed by atoms with Gasteiger partial charge in [0, 0.05) is 0 Å². The quantitative estimate of drug-likeness (QED) is 0.0310. The maximum Gasteiger partial charge on any atom is 0.249 e. The van der Waals surface area contributed by atoms with Gasteiger partial charge in [-0.25, -0.2) is 0 Å². The SMILES string of the molecule is CCCCCCCCCC/C=C\CCCCCCCCC(O)C(=O)NC(CO)C(O)C(O)CCC/C=C/CC/C=C/CCCCCCCCCCCCCCCCCC. The van der Waals surface area contributed by atoms with E-state index in [-0.39, 0.29) is 0 Å². The molecule has 0 bridgehead atoms. The van der Waals surface area contributed by atoms with Gasteiger partial charge >= 0.3 is 0 Å². The van der Waals surface area contributed by atoms with Gasteiger partial charge in [0.1, 0.15) is 12.2 Å². The van der Waals surface area contributed by atoms with Crippen LogP contribution in [0.1, 0.15) is 264 Å². The first-order chi connectivity index (χ1) is 29.0. The molecule has 0 aromatic heterocycles. The lowest BCUT2D eigenvalue weighted by molar-refractivity contribution is -0.132. The number of allylic oxidation sites excluding steroid dienone is 6. The number of unbranched alkanes of at least 4 members (excludes halogenated alkanes) is 32. The molecule has 0 fully saturated rings. The number of carbonyl (C=O) groups excluding carboxylic acids is 1. The third-order valence-electron chi connectivity index (χ3n) is 12.1. The van der Waals surface area contributed by atoms with Gasteiger partial charge in [-0.1, -0.05) is 224 Å². The Morgan fingerprint density at radius 2 is 0.712 bits per heavy atom. The zero-order chi connectivity index (χ0) is 43.1. The lowest BCUT2D eigenvalue weighted by Gasteiger charge is -2.27. The fraction of sp³-hybridized carbons (Fsp3) is 0.868. The average Bonchev–Trinajstić information content (AvgIpc) is 3.24. The second-order valence-electron chi connectivity index (χ2n) is 17.8. The molecule has 59 heavy (non-hydrogen) atoms. The Morgan fingerprint density at radius 1 is 0.407 bits per heavy atom. The van der Waals surface area contributed by atoms with Gasteiger partial charge in [0.05, 0.1) is 18.8 Å². The monoisotopic (exact) mass is 832 g/mol. The minimum Gasteiger partial charge on any atom is -0.394 e. The number of aliphatic hydroxyl groups is 4. The molecule has 0 heterocycles. The predicted molar refractivity (Wildman–Crippen MR) is 256 cm³/mol. The van der Waals surface area contributed by atoms with Gasteiger partial charge in [0.2, 0.25) is 5.91 Å². The summed E-state index contributed by atoms with van der Waals surface area (Å²) >= 11 is 0. The summed E-state index contributed by atoms with van der Waals surface area (Å²) in [6.45, 7) is 4.05. The van der Waals surface area contributed by atoms with E-state index in [9.17, 15) is 25.2 Å². The fourth-order valence-electron chi connectivity index (χ4n) is 7.95. The molecule has 0 aliphatic heterocycles. The van der Waals surface area contributed by atoms with E-state index in [1.807, 2.05) is 0 Å². The lowest BCUT2D eigenvalue weighted by atomic mass is 10.00. The molecule has 0 rings (SSSR count). The Labute approximate surface area is 367 Å².